The van der Waals surface area contributed by atoms with Gasteiger partial charge in [-0.15, -0.1) is 12.8 Å². The number of nitrogens with one attached hydrogen (secondary N) is 2. The van der Waals surface area contributed by atoms with E-state index in [1.54, 1.807) is 4.90 Å². The molecule has 0 aliphatic carbocycles. The minimum Gasteiger partial charge on any atom is -0.478 e. The molecule has 0 atom stereocenters. The van der Waals surface area contributed by atoms with Crippen molar-refractivity contribution in [2.75, 3.05) is 39.0 Å². The van der Waals surface area contributed by atoms with Crippen molar-refractivity contribution in [2.24, 2.45) is 0 Å². The van der Waals surface area contributed by atoms with Gasteiger partial charge in [-0.05, 0) is 104 Å². The summed E-state index contributed by atoms with van der Waals surface area (Å²) in [6, 6.07) is 22.2. The van der Waals surface area contributed by atoms with Crippen LogP contribution < -0.4 is 10.6 Å². The van der Waals surface area contributed by atoms with Crippen LogP contribution in [0.1, 0.15) is 54.7 Å². The first kappa shape index (κ1) is 41.3. The van der Waals surface area contributed by atoms with Crippen LogP contribution >= 0.6 is 11.6 Å². The summed E-state index contributed by atoms with van der Waals surface area (Å²) < 4.78 is 14.6. The highest BCUT2D eigenvalue weighted by molar-refractivity contribution is 6.31. The highest BCUT2D eigenvalue weighted by atomic mass is 35.5. The molecule has 3 N–H and O–H groups in total. The van der Waals surface area contributed by atoms with Crippen LogP contribution in [0.15, 0.2) is 84.9 Å². The predicted molar refractivity (Wildman–Crippen MR) is 205 cm³/mol. The number of terminal acetylenes is 1. The molecule has 0 spiro atoms. The maximum Gasteiger partial charge on any atom is 0.335 e. The van der Waals surface area contributed by atoms with Gasteiger partial charge in [0.15, 0.2) is 5.78 Å². The number of carboxylic acid groups (broad SMARTS) is 1. The molecule has 12 heteroatoms. The van der Waals surface area contributed by atoms with Crippen molar-refractivity contribution in [3.63, 3.8) is 0 Å². The molecule has 53 heavy (non-hydrogen) atoms. The zero-order chi connectivity index (χ0) is 39.1. The lowest BCUT2D eigenvalue weighted by atomic mass is 9.90. The van der Waals surface area contributed by atoms with E-state index in [1.165, 1.54) is 55.5 Å². The topological polar surface area (TPSA) is 136 Å². The normalized spacial score (nSPS) is 11.7. The molecule has 1 aliphatic rings. The Morgan fingerprint density at radius 2 is 1.62 bits per heavy atom. The number of rotatable bonds is 11. The van der Waals surface area contributed by atoms with E-state index in [-0.39, 0.29) is 39.3 Å². The second kappa shape index (κ2) is 20.1. The number of ketones is 1. The summed E-state index contributed by atoms with van der Waals surface area (Å²) in [5, 5.41) is 13.7. The number of halogens is 2. The second-order valence-corrected chi connectivity index (χ2v) is 12.4. The lowest BCUT2D eigenvalue weighted by molar-refractivity contribution is -0.126. The number of nitrogens with zero attached hydrogens (tertiary/aromatic N) is 2. The molecule has 0 fully saturated rings. The SMILES string of the molecule is C#C.CC(=O)c1ccc(Cl)c(F)c1/C=C/C(=O)N1CCc2c(cccc2-c2ccc(C(=O)NCCN(C)C)cc2)C1.O=CNc1ccc(C(=O)O)cc1. The van der Waals surface area contributed by atoms with Crippen molar-refractivity contribution in [3.8, 4) is 24.0 Å². The number of likely N-dealkylation sites (N-methyl/N-ethyl adjacent to an activating group) is 1. The van der Waals surface area contributed by atoms with Crippen molar-refractivity contribution in [1.82, 2.24) is 15.1 Å². The Labute approximate surface area is 313 Å². The van der Waals surface area contributed by atoms with Gasteiger partial charge in [-0.1, -0.05) is 41.9 Å². The molecule has 10 nitrogen and oxygen atoms in total. The van der Waals surface area contributed by atoms with Gasteiger partial charge in [-0.2, -0.15) is 0 Å². The number of fused-ring (bicyclic) bond motifs is 1. The molecule has 0 saturated heterocycles. The lowest BCUT2D eigenvalue weighted by Gasteiger charge is -2.29. The number of carbonyl (C=O) groups is 5. The smallest absolute Gasteiger partial charge is 0.335 e. The molecule has 4 aromatic carbocycles. The Kier molecular flexibility index (Phi) is 15.7. The van der Waals surface area contributed by atoms with Crippen molar-refractivity contribution < 1.29 is 33.5 Å². The second-order valence-electron chi connectivity index (χ2n) is 11.9. The van der Waals surface area contributed by atoms with Crippen LogP contribution in [0.2, 0.25) is 5.02 Å². The summed E-state index contributed by atoms with van der Waals surface area (Å²) in [6.45, 7) is 3.60. The van der Waals surface area contributed by atoms with Crippen LogP contribution in [0.4, 0.5) is 10.1 Å². The zero-order valence-electron chi connectivity index (χ0n) is 29.6. The molecule has 4 aromatic rings. The van der Waals surface area contributed by atoms with Gasteiger partial charge in [-0.3, -0.25) is 19.2 Å². The molecule has 3 amide bonds. The van der Waals surface area contributed by atoms with Gasteiger partial charge in [0.25, 0.3) is 5.91 Å². The minimum absolute atomic E-state index is 0.0119. The summed E-state index contributed by atoms with van der Waals surface area (Å²) >= 11 is 5.89. The fourth-order valence-electron chi connectivity index (χ4n) is 5.44. The zero-order valence-corrected chi connectivity index (χ0v) is 30.3. The van der Waals surface area contributed by atoms with Crippen molar-refractivity contribution in [2.45, 2.75) is 19.9 Å². The summed E-state index contributed by atoms with van der Waals surface area (Å²) in [6.07, 6.45) is 11.8. The number of carboxylic acids is 1. The van der Waals surface area contributed by atoms with Crippen LogP contribution in [-0.4, -0.2) is 78.6 Å². The predicted octanol–water partition coefficient (Wildman–Crippen LogP) is 6.44. The first-order valence-corrected chi connectivity index (χ1v) is 16.7. The maximum absolute atomic E-state index is 14.6. The Bertz CT molecular complexity index is 1990. The number of anilines is 1. The average molecular weight is 739 g/mol. The number of benzene rings is 4. The third-order valence-electron chi connectivity index (χ3n) is 8.14. The Morgan fingerprint density at radius 1 is 0.962 bits per heavy atom. The van der Waals surface area contributed by atoms with Gasteiger partial charge < -0.3 is 25.5 Å². The number of amides is 3. The first-order valence-electron chi connectivity index (χ1n) is 16.4. The number of Topliss-reactive ketones (excluding diaryl/α,β-unsaturated/α-hetero) is 1. The maximum atomic E-state index is 14.6. The van der Waals surface area contributed by atoms with E-state index in [2.05, 4.69) is 23.5 Å². The first-order chi connectivity index (χ1) is 25.4. The van der Waals surface area contributed by atoms with Crippen LogP contribution in [0.3, 0.4) is 0 Å². The van der Waals surface area contributed by atoms with Crippen LogP contribution in [0.25, 0.3) is 17.2 Å². The van der Waals surface area contributed by atoms with Gasteiger partial charge in [-0.25, -0.2) is 9.18 Å². The van der Waals surface area contributed by atoms with Gasteiger partial charge >= 0.3 is 5.97 Å². The third kappa shape index (κ3) is 11.5. The lowest BCUT2D eigenvalue weighted by Crippen LogP contribution is -2.35. The summed E-state index contributed by atoms with van der Waals surface area (Å²) in [4.78, 5) is 61.4. The molecule has 0 bridgehead atoms. The average Bonchev–Trinajstić information content (AvgIpc) is 3.16. The largest absolute Gasteiger partial charge is 0.478 e. The van der Waals surface area contributed by atoms with Gasteiger partial charge in [0.05, 0.1) is 10.6 Å². The molecule has 5 rings (SSSR count). The fourth-order valence-corrected chi connectivity index (χ4v) is 5.60. The Balaban J connectivity index is 0.000000455. The summed E-state index contributed by atoms with van der Waals surface area (Å²) in [5.41, 5.74) is 5.84. The van der Waals surface area contributed by atoms with Crippen molar-refractivity contribution >= 4 is 53.3 Å². The van der Waals surface area contributed by atoms with Crippen LogP contribution in [-0.2, 0) is 22.6 Å². The molecule has 1 heterocycles. The minimum atomic E-state index is -0.979. The number of aromatic carboxylic acids is 1. The van der Waals surface area contributed by atoms with Crippen LogP contribution in [0, 0.1) is 18.7 Å². The van der Waals surface area contributed by atoms with Gasteiger partial charge in [0, 0.05) is 54.6 Å². The van der Waals surface area contributed by atoms with E-state index in [0.29, 0.717) is 43.7 Å². The Morgan fingerprint density at radius 3 is 2.23 bits per heavy atom. The van der Waals surface area contributed by atoms with Gasteiger partial charge in [0.2, 0.25) is 12.3 Å². The number of hydrogen-bond acceptors (Lipinski definition) is 6. The molecule has 0 saturated carbocycles. The van der Waals surface area contributed by atoms with E-state index >= 15 is 0 Å². The third-order valence-corrected chi connectivity index (χ3v) is 8.43. The highest BCUT2D eigenvalue weighted by Crippen LogP contribution is 2.31. The molecular weight excluding hydrogens is 699 g/mol. The highest BCUT2D eigenvalue weighted by Gasteiger charge is 2.22. The molecule has 0 unspecified atom stereocenters. The Hall–Kier alpha value is -6.09. The molecule has 0 aromatic heterocycles. The standard InChI is InChI=1S/C31H31ClFN3O3.C8H7NO3.C2H2/c1-20(37)24-11-13-28(32)30(33)27(24)12-14-29(38)36-17-15-26-23(19-36)5-4-6-25(26)21-7-9-22(10-8-21)31(39)34-16-18-35(2)3;10-5-9-7-3-1-6(2-4-7)8(11)12;1-2/h4-14H,15-19H2,1-3H3,(H,34,39);1-5H,(H,9,10)(H,11,12);1-2H/b14-12+;;. The van der Waals surface area contributed by atoms with E-state index in [4.69, 9.17) is 16.7 Å². The summed E-state index contributed by atoms with van der Waals surface area (Å²) in [5.74, 6) is -2.39. The van der Waals surface area contributed by atoms with Crippen molar-refractivity contribution in [1.29, 1.82) is 0 Å². The van der Waals surface area contributed by atoms with Crippen LogP contribution in [0.5, 0.6) is 0 Å². The van der Waals surface area contributed by atoms with E-state index in [1.807, 2.05) is 61.5 Å². The van der Waals surface area contributed by atoms with E-state index in [0.717, 1.165) is 28.8 Å². The fraction of sp³-hybridized carbons (Fsp3) is 0.195. The molecule has 0 radical (unpaired) electrons. The monoisotopic (exact) mass is 738 g/mol. The molecular formula is C41H40ClFN4O6. The van der Waals surface area contributed by atoms with E-state index < -0.39 is 11.8 Å². The number of carbonyl (C=O) groups excluding carboxylic acids is 4. The van der Waals surface area contributed by atoms with E-state index in [9.17, 15) is 28.4 Å². The number of hydrogen-bond donors (Lipinski definition) is 3. The molecule has 1 aliphatic heterocycles. The summed E-state index contributed by atoms with van der Waals surface area (Å²) in [7, 11) is 3.92. The molecule has 274 valence electrons. The quantitative estimate of drug-likeness (QED) is 0.0698. The van der Waals surface area contributed by atoms with Crippen molar-refractivity contribution in [3.05, 3.63) is 129 Å². The van der Waals surface area contributed by atoms with Gasteiger partial charge in [0.1, 0.15) is 5.82 Å².